The van der Waals surface area contributed by atoms with Crippen LogP contribution in [0.3, 0.4) is 0 Å². The molecule has 2 aromatic rings. The minimum absolute atomic E-state index is 0. The van der Waals surface area contributed by atoms with Gasteiger partial charge < -0.3 is 20.7 Å². The van der Waals surface area contributed by atoms with Gasteiger partial charge in [-0.1, -0.05) is 30.3 Å². The fourth-order valence-corrected chi connectivity index (χ4v) is 2.45. The second-order valence-corrected chi connectivity index (χ2v) is 5.38. The first-order chi connectivity index (χ1) is 11.7. The number of ether oxygens (including phenoxy) is 1. The molecule has 1 aromatic heterocycles. The summed E-state index contributed by atoms with van der Waals surface area (Å²) in [6, 6.07) is 9.87. The fraction of sp³-hybridized carbons (Fsp3) is 0.312. The maximum atomic E-state index is 12.6. The Labute approximate surface area is 163 Å². The number of amides is 2. The smallest absolute Gasteiger partial charge is 0.252 e. The lowest BCUT2D eigenvalue weighted by atomic mass is 10.1. The molecule has 1 fully saturated rings. The lowest BCUT2D eigenvalue weighted by Gasteiger charge is -2.25. The SMILES string of the molecule is Cl.Cl.O=C(NC(C(=O)Nc1ccn[nH]1)c1ccccc1)C1CNCCO1. The summed E-state index contributed by atoms with van der Waals surface area (Å²) in [6.45, 7) is 1.61. The van der Waals surface area contributed by atoms with E-state index in [1.165, 1.54) is 6.20 Å². The molecule has 1 saturated heterocycles. The summed E-state index contributed by atoms with van der Waals surface area (Å²) >= 11 is 0. The first-order valence-corrected chi connectivity index (χ1v) is 7.72. The molecule has 1 aliphatic heterocycles. The molecule has 2 atom stereocenters. The Hall–Kier alpha value is -2.13. The second kappa shape index (κ2) is 10.8. The van der Waals surface area contributed by atoms with E-state index in [4.69, 9.17) is 4.74 Å². The molecule has 0 bridgehead atoms. The summed E-state index contributed by atoms with van der Waals surface area (Å²) in [5.41, 5.74) is 0.687. The molecule has 4 N–H and O–H groups in total. The van der Waals surface area contributed by atoms with Crippen molar-refractivity contribution in [1.82, 2.24) is 20.8 Å². The second-order valence-electron chi connectivity index (χ2n) is 5.38. The van der Waals surface area contributed by atoms with Crippen LogP contribution in [0.5, 0.6) is 0 Å². The standard InChI is InChI=1S/C16H19N5O3.2ClH/c22-15(12-10-17-8-9-24-12)20-14(11-4-2-1-3-5-11)16(23)19-13-6-7-18-21-13;;/h1-7,12,14,17H,8-10H2,(H,20,22)(H2,18,19,21,23);2*1H. The molecule has 0 saturated carbocycles. The Kier molecular flexibility index (Phi) is 9.08. The Morgan fingerprint density at radius 2 is 1.96 bits per heavy atom. The van der Waals surface area contributed by atoms with E-state index in [1.54, 1.807) is 18.2 Å². The van der Waals surface area contributed by atoms with Crippen molar-refractivity contribution in [2.75, 3.05) is 25.0 Å². The third-order valence-corrected chi connectivity index (χ3v) is 3.66. The van der Waals surface area contributed by atoms with Crippen molar-refractivity contribution in [3.8, 4) is 0 Å². The zero-order valence-corrected chi connectivity index (χ0v) is 15.4. The Balaban J connectivity index is 0.00000169. The van der Waals surface area contributed by atoms with Crippen LogP contribution in [-0.4, -0.2) is 47.8 Å². The Morgan fingerprint density at radius 3 is 2.58 bits per heavy atom. The number of hydrogen-bond donors (Lipinski definition) is 4. The van der Waals surface area contributed by atoms with Gasteiger partial charge in [0.15, 0.2) is 0 Å². The van der Waals surface area contributed by atoms with Crippen LogP contribution < -0.4 is 16.0 Å². The minimum Gasteiger partial charge on any atom is -0.366 e. The van der Waals surface area contributed by atoms with Gasteiger partial charge in [0.2, 0.25) is 0 Å². The van der Waals surface area contributed by atoms with Crippen LogP contribution in [-0.2, 0) is 14.3 Å². The molecule has 142 valence electrons. The van der Waals surface area contributed by atoms with Gasteiger partial charge in [-0.05, 0) is 5.56 Å². The molecule has 1 aliphatic rings. The van der Waals surface area contributed by atoms with Gasteiger partial charge in [-0.15, -0.1) is 24.8 Å². The van der Waals surface area contributed by atoms with E-state index in [0.29, 0.717) is 31.1 Å². The van der Waals surface area contributed by atoms with Crippen molar-refractivity contribution in [3.63, 3.8) is 0 Å². The summed E-state index contributed by atoms with van der Waals surface area (Å²) in [5, 5.41) is 15.0. The number of rotatable bonds is 5. The van der Waals surface area contributed by atoms with Gasteiger partial charge in [0.1, 0.15) is 18.0 Å². The highest BCUT2D eigenvalue weighted by molar-refractivity contribution is 5.97. The molecular formula is C16H21Cl2N5O3. The molecule has 2 amide bonds. The van der Waals surface area contributed by atoms with Crippen molar-refractivity contribution >= 4 is 42.4 Å². The first-order valence-electron chi connectivity index (χ1n) is 7.72. The van der Waals surface area contributed by atoms with E-state index in [2.05, 4.69) is 26.1 Å². The summed E-state index contributed by atoms with van der Waals surface area (Å²) < 4.78 is 5.44. The zero-order valence-electron chi connectivity index (χ0n) is 13.8. The van der Waals surface area contributed by atoms with Gasteiger partial charge >= 0.3 is 0 Å². The van der Waals surface area contributed by atoms with Crippen molar-refractivity contribution in [3.05, 3.63) is 48.2 Å². The van der Waals surface area contributed by atoms with Crippen molar-refractivity contribution in [2.24, 2.45) is 0 Å². The molecule has 10 heteroatoms. The highest BCUT2D eigenvalue weighted by atomic mass is 35.5. The molecule has 2 heterocycles. The number of carbonyl (C=O) groups excluding carboxylic acids is 2. The number of nitrogens with one attached hydrogen (secondary N) is 4. The average Bonchev–Trinajstić information content (AvgIpc) is 3.14. The van der Waals surface area contributed by atoms with E-state index in [9.17, 15) is 9.59 Å². The van der Waals surface area contributed by atoms with Crippen LogP contribution in [0.1, 0.15) is 11.6 Å². The number of H-pyrrole nitrogens is 1. The number of benzene rings is 1. The average molecular weight is 402 g/mol. The predicted molar refractivity (Wildman–Crippen MR) is 102 cm³/mol. The van der Waals surface area contributed by atoms with Crippen LogP contribution in [0.25, 0.3) is 0 Å². The van der Waals surface area contributed by atoms with Crippen LogP contribution in [0.2, 0.25) is 0 Å². The van der Waals surface area contributed by atoms with Crippen molar-refractivity contribution < 1.29 is 14.3 Å². The normalized spacial score (nSPS) is 17.2. The third kappa shape index (κ3) is 5.70. The van der Waals surface area contributed by atoms with E-state index in [0.717, 1.165) is 0 Å². The van der Waals surface area contributed by atoms with E-state index < -0.39 is 12.1 Å². The van der Waals surface area contributed by atoms with Crippen LogP contribution in [0.15, 0.2) is 42.6 Å². The molecule has 0 radical (unpaired) electrons. The maximum Gasteiger partial charge on any atom is 0.252 e. The fourth-order valence-electron chi connectivity index (χ4n) is 2.45. The Morgan fingerprint density at radius 1 is 1.19 bits per heavy atom. The van der Waals surface area contributed by atoms with Gasteiger partial charge in [0, 0.05) is 19.2 Å². The minimum atomic E-state index is -0.826. The van der Waals surface area contributed by atoms with Crippen molar-refractivity contribution in [2.45, 2.75) is 12.1 Å². The predicted octanol–water partition coefficient (Wildman–Crippen LogP) is 1.04. The maximum absolute atomic E-state index is 12.6. The number of aromatic amines is 1. The summed E-state index contributed by atoms with van der Waals surface area (Å²) in [6.07, 6.45) is 0.928. The molecule has 0 aliphatic carbocycles. The molecule has 3 rings (SSSR count). The van der Waals surface area contributed by atoms with E-state index in [1.807, 2.05) is 18.2 Å². The van der Waals surface area contributed by atoms with Gasteiger partial charge in [-0.25, -0.2) is 0 Å². The van der Waals surface area contributed by atoms with Gasteiger partial charge in [-0.2, -0.15) is 5.10 Å². The van der Waals surface area contributed by atoms with Gasteiger partial charge in [0.05, 0.1) is 12.8 Å². The van der Waals surface area contributed by atoms with Gasteiger partial charge in [-0.3, -0.25) is 14.7 Å². The summed E-state index contributed by atoms with van der Waals surface area (Å²) in [5.74, 6) is -0.218. The number of morpholine rings is 1. The monoisotopic (exact) mass is 401 g/mol. The topological polar surface area (TPSA) is 108 Å². The largest absolute Gasteiger partial charge is 0.366 e. The highest BCUT2D eigenvalue weighted by Crippen LogP contribution is 2.16. The molecule has 0 spiro atoms. The molecular weight excluding hydrogens is 381 g/mol. The first kappa shape index (κ1) is 21.9. The quantitative estimate of drug-likeness (QED) is 0.598. The molecule has 26 heavy (non-hydrogen) atoms. The molecule has 1 aromatic carbocycles. The molecule has 2 unspecified atom stereocenters. The lowest BCUT2D eigenvalue weighted by Crippen LogP contribution is -2.50. The van der Waals surface area contributed by atoms with Gasteiger partial charge in [0.25, 0.3) is 11.8 Å². The lowest BCUT2D eigenvalue weighted by molar-refractivity contribution is -0.137. The summed E-state index contributed by atoms with van der Waals surface area (Å²) in [7, 11) is 0. The number of hydrogen-bond acceptors (Lipinski definition) is 5. The van der Waals surface area contributed by atoms with E-state index in [-0.39, 0.29) is 36.6 Å². The zero-order chi connectivity index (χ0) is 16.8. The number of halogens is 2. The van der Waals surface area contributed by atoms with Crippen molar-refractivity contribution in [1.29, 1.82) is 0 Å². The van der Waals surface area contributed by atoms with Crippen LogP contribution in [0, 0.1) is 0 Å². The number of aromatic nitrogens is 2. The molecule has 8 nitrogen and oxygen atoms in total. The van der Waals surface area contributed by atoms with Crippen LogP contribution >= 0.6 is 24.8 Å². The third-order valence-electron chi connectivity index (χ3n) is 3.66. The number of nitrogens with zero attached hydrogens (tertiary/aromatic N) is 1. The van der Waals surface area contributed by atoms with Crippen LogP contribution in [0.4, 0.5) is 5.82 Å². The highest BCUT2D eigenvalue weighted by Gasteiger charge is 2.28. The Bertz CT molecular complexity index is 678. The summed E-state index contributed by atoms with van der Waals surface area (Å²) in [4.78, 5) is 25.0. The van der Waals surface area contributed by atoms with E-state index >= 15 is 0 Å². The number of carbonyl (C=O) groups is 2. The number of anilines is 1.